The summed E-state index contributed by atoms with van der Waals surface area (Å²) in [6.45, 7) is 0. The zero-order chi connectivity index (χ0) is 15.7. The minimum Gasteiger partial charge on any atom is -0.481 e. The molecule has 0 saturated carbocycles. The SMILES string of the molecule is O=C(O)C(c1cccc(F)c1)C(P(=O)(O)O)P(=O)(O)O. The van der Waals surface area contributed by atoms with E-state index < -0.39 is 43.9 Å². The lowest BCUT2D eigenvalue weighted by atomic mass is 10.0. The molecule has 0 aliphatic rings. The lowest BCUT2D eigenvalue weighted by molar-refractivity contribution is -0.138. The summed E-state index contributed by atoms with van der Waals surface area (Å²) in [7, 11) is -10.9. The predicted molar refractivity (Wildman–Crippen MR) is 64.7 cm³/mol. The van der Waals surface area contributed by atoms with Crippen LogP contribution in [0.15, 0.2) is 24.3 Å². The monoisotopic (exact) mass is 328 g/mol. The van der Waals surface area contributed by atoms with Crippen molar-refractivity contribution in [2.45, 2.75) is 11.3 Å². The minimum atomic E-state index is -5.45. The van der Waals surface area contributed by atoms with Crippen molar-refractivity contribution in [1.82, 2.24) is 0 Å². The van der Waals surface area contributed by atoms with E-state index in [0.717, 1.165) is 18.2 Å². The first-order valence-electron chi connectivity index (χ1n) is 5.03. The molecule has 0 bridgehead atoms. The van der Waals surface area contributed by atoms with Crippen molar-refractivity contribution in [2.75, 3.05) is 0 Å². The summed E-state index contributed by atoms with van der Waals surface area (Å²) in [6.07, 6.45) is 0. The maximum Gasteiger partial charge on any atom is 0.341 e. The van der Waals surface area contributed by atoms with Crippen molar-refractivity contribution < 1.29 is 43.0 Å². The molecule has 0 aliphatic carbocycles. The highest BCUT2D eigenvalue weighted by Gasteiger charge is 2.52. The van der Waals surface area contributed by atoms with Crippen LogP contribution in [0.2, 0.25) is 0 Å². The number of aliphatic carboxylic acids is 1. The Balaban J connectivity index is 3.49. The van der Waals surface area contributed by atoms with E-state index in [9.17, 15) is 18.3 Å². The van der Waals surface area contributed by atoms with Crippen LogP contribution in [0.25, 0.3) is 0 Å². The van der Waals surface area contributed by atoms with Gasteiger partial charge in [-0.3, -0.25) is 13.9 Å². The molecule has 1 aromatic carbocycles. The van der Waals surface area contributed by atoms with Gasteiger partial charge in [0.15, 0.2) is 5.40 Å². The average Bonchev–Trinajstić information content (AvgIpc) is 2.21. The number of carboxylic acids is 1. The van der Waals surface area contributed by atoms with Gasteiger partial charge in [0.25, 0.3) is 0 Å². The second kappa shape index (κ2) is 5.73. The van der Waals surface area contributed by atoms with Gasteiger partial charge in [0.2, 0.25) is 0 Å². The highest BCUT2D eigenvalue weighted by Crippen LogP contribution is 2.64. The molecule has 11 heteroatoms. The number of carboxylic acid groups (broad SMARTS) is 1. The molecular weight excluding hydrogens is 317 g/mol. The highest BCUT2D eigenvalue weighted by atomic mass is 31.2. The molecule has 1 unspecified atom stereocenters. The van der Waals surface area contributed by atoms with Crippen LogP contribution in [-0.4, -0.2) is 36.0 Å². The Kier molecular flexibility index (Phi) is 4.86. The van der Waals surface area contributed by atoms with E-state index >= 15 is 0 Å². The fourth-order valence-electron chi connectivity index (χ4n) is 1.73. The molecule has 0 fully saturated rings. The Morgan fingerprint density at radius 2 is 1.60 bits per heavy atom. The van der Waals surface area contributed by atoms with Crippen molar-refractivity contribution >= 4 is 21.2 Å². The lowest BCUT2D eigenvalue weighted by Crippen LogP contribution is -2.26. The van der Waals surface area contributed by atoms with Gasteiger partial charge in [-0.15, -0.1) is 0 Å². The summed E-state index contributed by atoms with van der Waals surface area (Å²) in [5.41, 5.74) is -0.450. The number of hydrogen-bond donors (Lipinski definition) is 5. The van der Waals surface area contributed by atoms with Gasteiger partial charge in [-0.2, -0.15) is 0 Å². The van der Waals surface area contributed by atoms with Crippen LogP contribution in [0, 0.1) is 5.82 Å². The largest absolute Gasteiger partial charge is 0.481 e. The van der Waals surface area contributed by atoms with Gasteiger partial charge in [-0.1, -0.05) is 12.1 Å². The number of carbonyl (C=O) groups is 1. The van der Waals surface area contributed by atoms with E-state index in [1.165, 1.54) is 0 Å². The van der Waals surface area contributed by atoms with E-state index in [2.05, 4.69) is 0 Å². The summed E-state index contributed by atoms with van der Waals surface area (Å²) >= 11 is 0. The second-order valence-electron chi connectivity index (χ2n) is 3.96. The smallest absolute Gasteiger partial charge is 0.341 e. The van der Waals surface area contributed by atoms with Gasteiger partial charge >= 0.3 is 21.2 Å². The molecule has 0 amide bonds. The van der Waals surface area contributed by atoms with E-state index in [1.807, 2.05) is 0 Å². The molecular formula is C9H11FO8P2. The third-order valence-electron chi connectivity index (χ3n) is 2.46. The normalized spacial score (nSPS) is 14.3. The summed E-state index contributed by atoms with van der Waals surface area (Å²) in [4.78, 5) is 47.2. The fourth-order valence-corrected chi connectivity index (χ4v) is 4.67. The lowest BCUT2D eigenvalue weighted by Gasteiger charge is -2.25. The molecule has 1 atom stereocenters. The number of hydrogen-bond acceptors (Lipinski definition) is 3. The van der Waals surface area contributed by atoms with Crippen molar-refractivity contribution in [3.05, 3.63) is 35.6 Å². The van der Waals surface area contributed by atoms with E-state index in [0.29, 0.717) is 6.07 Å². The van der Waals surface area contributed by atoms with Crippen LogP contribution < -0.4 is 0 Å². The summed E-state index contributed by atoms with van der Waals surface area (Å²) in [5.74, 6) is -5.02. The fraction of sp³-hybridized carbons (Fsp3) is 0.222. The minimum absolute atomic E-state index is 0.450. The first-order chi connectivity index (χ1) is 8.94. The Hall–Kier alpha value is -1.08. The molecule has 0 heterocycles. The third-order valence-corrected chi connectivity index (χ3v) is 6.24. The quantitative estimate of drug-likeness (QED) is 0.495. The maximum atomic E-state index is 13.1. The molecule has 112 valence electrons. The Labute approximate surface area is 112 Å². The molecule has 0 aromatic heterocycles. The van der Waals surface area contributed by atoms with Crippen LogP contribution >= 0.6 is 15.2 Å². The number of benzene rings is 1. The van der Waals surface area contributed by atoms with Crippen LogP contribution in [0.3, 0.4) is 0 Å². The Bertz CT molecular complexity index is 584. The second-order valence-corrected chi connectivity index (χ2v) is 7.84. The van der Waals surface area contributed by atoms with Crippen molar-refractivity contribution in [3.63, 3.8) is 0 Å². The summed E-state index contributed by atoms with van der Waals surface area (Å²) in [5, 5.41) is 6.22. The highest BCUT2D eigenvalue weighted by molar-refractivity contribution is 7.71. The van der Waals surface area contributed by atoms with Gasteiger partial charge < -0.3 is 24.7 Å². The molecule has 0 spiro atoms. The van der Waals surface area contributed by atoms with Crippen LogP contribution in [0.5, 0.6) is 0 Å². The zero-order valence-corrected chi connectivity index (χ0v) is 11.5. The van der Waals surface area contributed by atoms with Crippen molar-refractivity contribution in [2.24, 2.45) is 0 Å². The van der Waals surface area contributed by atoms with Gasteiger partial charge in [-0.25, -0.2) is 4.39 Å². The van der Waals surface area contributed by atoms with Crippen LogP contribution in [0.1, 0.15) is 11.5 Å². The summed E-state index contributed by atoms with van der Waals surface area (Å²) in [6, 6.07) is 3.68. The number of halogens is 1. The van der Waals surface area contributed by atoms with Gasteiger partial charge in [0, 0.05) is 0 Å². The van der Waals surface area contributed by atoms with Crippen molar-refractivity contribution in [1.29, 1.82) is 0 Å². The molecule has 0 aliphatic heterocycles. The van der Waals surface area contributed by atoms with Gasteiger partial charge in [0.05, 0.1) is 0 Å². The van der Waals surface area contributed by atoms with E-state index in [1.54, 1.807) is 0 Å². The van der Waals surface area contributed by atoms with Crippen molar-refractivity contribution in [3.8, 4) is 0 Å². The van der Waals surface area contributed by atoms with E-state index in [-0.39, 0.29) is 0 Å². The molecule has 1 aromatic rings. The maximum absolute atomic E-state index is 13.1. The number of rotatable bonds is 5. The third kappa shape index (κ3) is 3.96. The first kappa shape index (κ1) is 17.0. The molecule has 5 N–H and O–H groups in total. The standard InChI is InChI=1S/C9H11FO8P2/c10-6-3-1-2-5(4-6)7(8(11)12)9(19(13,14)15)20(16,17)18/h1-4,7,9H,(H,11,12)(H2,13,14,15)(H2,16,17,18). The summed E-state index contributed by atoms with van der Waals surface area (Å²) < 4.78 is 35.5. The Morgan fingerprint density at radius 1 is 1.10 bits per heavy atom. The predicted octanol–water partition coefficient (Wildman–Crippen LogP) is 0.675. The molecule has 0 radical (unpaired) electrons. The molecule has 20 heavy (non-hydrogen) atoms. The Morgan fingerprint density at radius 3 is 1.95 bits per heavy atom. The molecule has 1 rings (SSSR count). The topological polar surface area (TPSA) is 152 Å². The molecule has 0 saturated heterocycles. The van der Waals surface area contributed by atoms with Gasteiger partial charge in [-0.05, 0) is 17.7 Å². The van der Waals surface area contributed by atoms with Crippen LogP contribution in [0.4, 0.5) is 4.39 Å². The van der Waals surface area contributed by atoms with Crippen LogP contribution in [-0.2, 0) is 13.9 Å². The zero-order valence-electron chi connectivity index (χ0n) is 9.70. The molecule has 8 nitrogen and oxygen atoms in total. The van der Waals surface area contributed by atoms with Gasteiger partial charge in [0.1, 0.15) is 11.7 Å². The average molecular weight is 328 g/mol. The van der Waals surface area contributed by atoms with E-state index in [4.69, 9.17) is 24.7 Å². The first-order valence-corrected chi connectivity index (χ1v) is 8.39.